The summed E-state index contributed by atoms with van der Waals surface area (Å²) in [7, 11) is 0. The van der Waals surface area contributed by atoms with Gasteiger partial charge in [-0.3, -0.25) is 9.59 Å². The molecule has 0 aromatic rings. The van der Waals surface area contributed by atoms with Crippen LogP contribution < -0.4 is 0 Å². The van der Waals surface area contributed by atoms with Gasteiger partial charge in [0.25, 0.3) is 0 Å². The summed E-state index contributed by atoms with van der Waals surface area (Å²) in [5, 5.41) is 0.332. The van der Waals surface area contributed by atoms with Crippen LogP contribution >= 0.6 is 11.6 Å². The van der Waals surface area contributed by atoms with Crippen molar-refractivity contribution in [2.45, 2.75) is 26.1 Å². The van der Waals surface area contributed by atoms with E-state index in [2.05, 4.69) is 0 Å². The number of carbonyl (C=O) groups is 2. The van der Waals surface area contributed by atoms with Crippen molar-refractivity contribution in [3.63, 3.8) is 0 Å². The molecule has 0 aromatic heterocycles. The van der Waals surface area contributed by atoms with Gasteiger partial charge in [-0.25, -0.2) is 0 Å². The van der Waals surface area contributed by atoms with Crippen LogP contribution in [-0.2, 0) is 19.1 Å². The normalized spacial score (nSPS) is 24.3. The number of allylic oxidation sites excluding steroid dienone is 2. The average molecular weight is 231 g/mol. The first-order valence-corrected chi connectivity index (χ1v) is 4.77. The van der Waals surface area contributed by atoms with Crippen LogP contribution in [0.1, 0.15) is 13.8 Å². The summed E-state index contributed by atoms with van der Waals surface area (Å²) in [6.45, 7) is 2.55. The highest BCUT2D eigenvalue weighted by atomic mass is 35.5. The Morgan fingerprint density at radius 2 is 1.87 bits per heavy atom. The molecule has 82 valence electrons. The van der Waals surface area contributed by atoms with Crippen LogP contribution in [0.4, 0.5) is 0 Å². The van der Waals surface area contributed by atoms with Crippen molar-refractivity contribution in [2.24, 2.45) is 0 Å². The fraction of sp³-hybridized carbons (Fsp3) is 0.400. The van der Waals surface area contributed by atoms with Crippen molar-refractivity contribution in [1.82, 2.24) is 0 Å². The van der Waals surface area contributed by atoms with Crippen LogP contribution in [0.2, 0.25) is 0 Å². The molecule has 0 saturated heterocycles. The molecule has 1 aliphatic carbocycles. The summed E-state index contributed by atoms with van der Waals surface area (Å²) in [5.74, 6) is -0.924. The number of halogens is 1. The molecular weight excluding hydrogens is 220 g/mol. The van der Waals surface area contributed by atoms with Gasteiger partial charge in [-0.1, -0.05) is 17.7 Å². The van der Waals surface area contributed by atoms with Crippen LogP contribution in [0.3, 0.4) is 0 Å². The van der Waals surface area contributed by atoms with Gasteiger partial charge in [-0.05, 0) is 12.2 Å². The standard InChI is InChI=1S/C10H11ClO4/c1-6(12)14-9-5-3-4-8(11)10(9)15-7(2)13/h3-5,9-10H,1-2H3. The highest BCUT2D eigenvalue weighted by molar-refractivity contribution is 6.30. The van der Waals surface area contributed by atoms with E-state index in [1.165, 1.54) is 13.8 Å². The zero-order valence-corrected chi connectivity index (χ0v) is 9.15. The molecule has 1 rings (SSSR count). The van der Waals surface area contributed by atoms with Crippen molar-refractivity contribution < 1.29 is 19.1 Å². The third kappa shape index (κ3) is 3.40. The fourth-order valence-corrected chi connectivity index (χ4v) is 1.45. The Bertz CT molecular complexity index is 332. The van der Waals surface area contributed by atoms with Crippen molar-refractivity contribution in [2.75, 3.05) is 0 Å². The summed E-state index contributed by atoms with van der Waals surface area (Å²) < 4.78 is 9.90. The van der Waals surface area contributed by atoms with Crippen LogP contribution in [0.5, 0.6) is 0 Å². The predicted octanol–water partition coefficient (Wildman–Crippen LogP) is 1.54. The molecule has 2 atom stereocenters. The van der Waals surface area contributed by atoms with Gasteiger partial charge in [0.15, 0.2) is 12.2 Å². The SMILES string of the molecule is CC(=O)OC1C=CC=C(Cl)C1OC(C)=O. The Hall–Kier alpha value is -1.29. The van der Waals surface area contributed by atoms with E-state index in [-0.39, 0.29) is 0 Å². The van der Waals surface area contributed by atoms with E-state index >= 15 is 0 Å². The van der Waals surface area contributed by atoms with Crippen molar-refractivity contribution in [1.29, 1.82) is 0 Å². The molecule has 1 aliphatic rings. The molecule has 2 unspecified atom stereocenters. The molecule has 0 aromatic carbocycles. The minimum atomic E-state index is -0.738. The van der Waals surface area contributed by atoms with E-state index in [0.717, 1.165) is 0 Å². The van der Waals surface area contributed by atoms with Gasteiger partial charge in [0, 0.05) is 13.8 Å². The first-order valence-electron chi connectivity index (χ1n) is 4.39. The second kappa shape index (κ2) is 4.98. The molecule has 0 aliphatic heterocycles. The minimum absolute atomic E-state index is 0.332. The zero-order valence-electron chi connectivity index (χ0n) is 8.40. The van der Waals surface area contributed by atoms with E-state index < -0.39 is 24.1 Å². The molecule has 0 fully saturated rings. The number of ether oxygens (including phenoxy) is 2. The molecule has 0 heterocycles. The molecule has 0 N–H and O–H groups in total. The maximum Gasteiger partial charge on any atom is 0.303 e. The first kappa shape index (κ1) is 11.8. The number of hydrogen-bond donors (Lipinski definition) is 0. The maximum atomic E-state index is 10.8. The van der Waals surface area contributed by atoms with Crippen LogP contribution in [0.15, 0.2) is 23.3 Å². The van der Waals surface area contributed by atoms with E-state index in [1.54, 1.807) is 18.2 Å². The average Bonchev–Trinajstić information content (AvgIpc) is 2.09. The van der Waals surface area contributed by atoms with Crippen molar-refractivity contribution in [3.05, 3.63) is 23.3 Å². The lowest BCUT2D eigenvalue weighted by Crippen LogP contribution is -2.34. The lowest BCUT2D eigenvalue weighted by Gasteiger charge is -2.25. The first-order chi connectivity index (χ1) is 7.00. The lowest BCUT2D eigenvalue weighted by atomic mass is 10.1. The molecule has 0 amide bonds. The van der Waals surface area contributed by atoms with Crippen LogP contribution in [-0.4, -0.2) is 24.1 Å². The number of esters is 2. The van der Waals surface area contributed by atoms with Gasteiger partial charge in [-0.2, -0.15) is 0 Å². The molecular formula is C10H11ClO4. The highest BCUT2D eigenvalue weighted by Crippen LogP contribution is 2.23. The monoisotopic (exact) mass is 230 g/mol. The topological polar surface area (TPSA) is 52.6 Å². The second-order valence-corrected chi connectivity index (χ2v) is 3.48. The molecule has 0 radical (unpaired) electrons. The van der Waals surface area contributed by atoms with Gasteiger partial charge in [0.05, 0.1) is 5.03 Å². The van der Waals surface area contributed by atoms with Gasteiger partial charge < -0.3 is 9.47 Å². The Balaban J connectivity index is 2.76. The Kier molecular flexibility index (Phi) is 3.91. The van der Waals surface area contributed by atoms with Crippen LogP contribution in [0.25, 0.3) is 0 Å². The fourth-order valence-electron chi connectivity index (χ4n) is 1.20. The molecule has 4 nitrogen and oxygen atoms in total. The summed E-state index contributed by atoms with van der Waals surface area (Å²) in [4.78, 5) is 21.6. The smallest absolute Gasteiger partial charge is 0.303 e. The van der Waals surface area contributed by atoms with Crippen molar-refractivity contribution in [3.8, 4) is 0 Å². The summed E-state index contributed by atoms with van der Waals surface area (Å²) >= 11 is 5.85. The molecule has 0 saturated carbocycles. The lowest BCUT2D eigenvalue weighted by molar-refractivity contribution is -0.158. The van der Waals surface area contributed by atoms with Crippen molar-refractivity contribution >= 4 is 23.5 Å². The number of carbonyl (C=O) groups excluding carboxylic acids is 2. The molecule has 5 heteroatoms. The van der Waals surface area contributed by atoms with Gasteiger partial charge in [0.1, 0.15) is 0 Å². The Morgan fingerprint density at radius 1 is 1.27 bits per heavy atom. The van der Waals surface area contributed by atoms with E-state index in [0.29, 0.717) is 5.03 Å². The van der Waals surface area contributed by atoms with Crippen LogP contribution in [0, 0.1) is 0 Å². The third-order valence-corrected chi connectivity index (χ3v) is 2.06. The Labute approximate surface area is 92.5 Å². The van der Waals surface area contributed by atoms with Gasteiger partial charge in [0.2, 0.25) is 0 Å². The highest BCUT2D eigenvalue weighted by Gasteiger charge is 2.29. The minimum Gasteiger partial charge on any atom is -0.454 e. The zero-order chi connectivity index (χ0) is 11.4. The summed E-state index contributed by atoms with van der Waals surface area (Å²) in [6.07, 6.45) is 3.47. The predicted molar refractivity (Wildman–Crippen MR) is 54.2 cm³/mol. The molecule has 0 spiro atoms. The number of rotatable bonds is 2. The van der Waals surface area contributed by atoms with E-state index in [1.807, 2.05) is 0 Å². The molecule has 0 bridgehead atoms. The van der Waals surface area contributed by atoms with E-state index in [9.17, 15) is 9.59 Å². The quantitative estimate of drug-likeness (QED) is 0.676. The Morgan fingerprint density at radius 3 is 2.40 bits per heavy atom. The third-order valence-electron chi connectivity index (χ3n) is 1.72. The second-order valence-electron chi connectivity index (χ2n) is 3.04. The van der Waals surface area contributed by atoms with Gasteiger partial charge in [-0.15, -0.1) is 0 Å². The molecule has 15 heavy (non-hydrogen) atoms. The van der Waals surface area contributed by atoms with Gasteiger partial charge >= 0.3 is 11.9 Å². The largest absolute Gasteiger partial charge is 0.454 e. The summed E-state index contributed by atoms with van der Waals surface area (Å²) in [5.41, 5.74) is 0. The summed E-state index contributed by atoms with van der Waals surface area (Å²) in [6, 6.07) is 0. The maximum absolute atomic E-state index is 10.8. The van der Waals surface area contributed by atoms with E-state index in [4.69, 9.17) is 21.1 Å². The number of hydrogen-bond acceptors (Lipinski definition) is 4.